The highest BCUT2D eigenvalue weighted by Gasteiger charge is 2.30. The Morgan fingerprint density at radius 1 is 1.27 bits per heavy atom. The summed E-state index contributed by atoms with van der Waals surface area (Å²) in [5, 5.41) is 0. The van der Waals surface area contributed by atoms with Gasteiger partial charge in [0, 0.05) is 19.1 Å². The molecule has 1 rings (SSSR count). The molecule has 0 spiro atoms. The zero-order valence-corrected chi connectivity index (χ0v) is 10.7. The molecule has 1 aliphatic rings. The molecule has 0 aliphatic carbocycles. The Morgan fingerprint density at radius 3 is 2.60 bits per heavy atom. The van der Waals surface area contributed by atoms with Gasteiger partial charge < -0.3 is 5.73 Å². The van der Waals surface area contributed by atoms with Gasteiger partial charge in [0.25, 0.3) is 0 Å². The molecule has 90 valence electrons. The Morgan fingerprint density at radius 2 is 2.00 bits per heavy atom. The highest BCUT2D eigenvalue weighted by atomic mass is 15.2. The molecule has 3 unspecified atom stereocenters. The maximum Gasteiger partial charge on any atom is 0.0244 e. The van der Waals surface area contributed by atoms with Crippen molar-refractivity contribution in [2.24, 2.45) is 17.6 Å². The molecule has 0 saturated carbocycles. The smallest absolute Gasteiger partial charge is 0.0244 e. The van der Waals surface area contributed by atoms with Crippen LogP contribution in [0.4, 0.5) is 0 Å². The maximum atomic E-state index is 5.89. The van der Waals surface area contributed by atoms with E-state index in [-0.39, 0.29) is 0 Å². The van der Waals surface area contributed by atoms with Crippen molar-refractivity contribution >= 4 is 0 Å². The summed E-state index contributed by atoms with van der Waals surface area (Å²) in [6.07, 6.45) is 5.36. The summed E-state index contributed by atoms with van der Waals surface area (Å²) >= 11 is 0. The number of nitrogens with zero attached hydrogens (tertiary/aromatic N) is 1. The molecule has 2 heteroatoms. The van der Waals surface area contributed by atoms with Crippen LogP contribution < -0.4 is 5.73 Å². The van der Waals surface area contributed by atoms with Crippen molar-refractivity contribution in [3.05, 3.63) is 0 Å². The summed E-state index contributed by atoms with van der Waals surface area (Å²) in [5.74, 6) is 1.63. The van der Waals surface area contributed by atoms with E-state index in [0.717, 1.165) is 18.4 Å². The number of rotatable bonds is 5. The molecule has 3 atom stereocenters. The molecule has 0 aromatic carbocycles. The predicted molar refractivity (Wildman–Crippen MR) is 66.9 cm³/mol. The number of piperidine rings is 1. The third-order valence-electron chi connectivity index (χ3n) is 3.74. The largest absolute Gasteiger partial charge is 0.329 e. The van der Waals surface area contributed by atoms with E-state index in [1.165, 1.54) is 38.8 Å². The number of unbranched alkanes of at least 4 members (excludes halogenated alkanes) is 2. The van der Waals surface area contributed by atoms with E-state index >= 15 is 0 Å². The standard InChI is InChI=1S/C13H28N2/c1-4-5-6-7-15-10-11(2)8-12(3)13(15)9-14/h11-13H,4-10,14H2,1-3H3. The van der Waals surface area contributed by atoms with Crippen molar-refractivity contribution in [2.75, 3.05) is 19.6 Å². The van der Waals surface area contributed by atoms with Crippen LogP contribution in [0, 0.1) is 11.8 Å². The quantitative estimate of drug-likeness (QED) is 0.709. The summed E-state index contributed by atoms with van der Waals surface area (Å²) in [4.78, 5) is 2.63. The zero-order valence-electron chi connectivity index (χ0n) is 10.7. The van der Waals surface area contributed by atoms with Crippen LogP contribution in [0.25, 0.3) is 0 Å². The lowest BCUT2D eigenvalue weighted by atomic mass is 9.85. The Balaban J connectivity index is 2.42. The van der Waals surface area contributed by atoms with Gasteiger partial charge in [0.2, 0.25) is 0 Å². The fourth-order valence-corrected chi connectivity index (χ4v) is 2.97. The van der Waals surface area contributed by atoms with Gasteiger partial charge in [-0.1, -0.05) is 33.6 Å². The van der Waals surface area contributed by atoms with E-state index in [4.69, 9.17) is 5.73 Å². The van der Waals surface area contributed by atoms with E-state index in [1.54, 1.807) is 0 Å². The molecule has 1 fully saturated rings. The van der Waals surface area contributed by atoms with Crippen LogP contribution in [0.1, 0.15) is 46.5 Å². The second-order valence-electron chi connectivity index (χ2n) is 5.32. The highest BCUT2D eigenvalue weighted by molar-refractivity contribution is 4.85. The summed E-state index contributed by atoms with van der Waals surface area (Å²) in [6.45, 7) is 10.3. The molecule has 2 nitrogen and oxygen atoms in total. The van der Waals surface area contributed by atoms with E-state index in [2.05, 4.69) is 25.7 Å². The van der Waals surface area contributed by atoms with Crippen molar-refractivity contribution < 1.29 is 0 Å². The lowest BCUT2D eigenvalue weighted by molar-refractivity contribution is 0.0720. The lowest BCUT2D eigenvalue weighted by Crippen LogP contribution is -2.51. The number of hydrogen-bond acceptors (Lipinski definition) is 2. The minimum Gasteiger partial charge on any atom is -0.329 e. The Bertz CT molecular complexity index is 170. The SMILES string of the molecule is CCCCCN1CC(C)CC(C)C1CN. The molecule has 1 aliphatic heterocycles. The van der Waals surface area contributed by atoms with E-state index in [0.29, 0.717) is 6.04 Å². The fraction of sp³-hybridized carbons (Fsp3) is 1.00. The molecule has 0 amide bonds. The first-order valence-electron chi connectivity index (χ1n) is 6.63. The Labute approximate surface area is 95.2 Å². The van der Waals surface area contributed by atoms with Gasteiger partial charge in [0.1, 0.15) is 0 Å². The first kappa shape index (κ1) is 13.0. The minimum atomic E-state index is 0.637. The molecule has 0 radical (unpaired) electrons. The Kier molecular flexibility index (Phi) is 5.62. The van der Waals surface area contributed by atoms with Crippen LogP contribution >= 0.6 is 0 Å². The van der Waals surface area contributed by atoms with E-state index < -0.39 is 0 Å². The van der Waals surface area contributed by atoms with Gasteiger partial charge in [0.15, 0.2) is 0 Å². The van der Waals surface area contributed by atoms with Crippen molar-refractivity contribution in [3.8, 4) is 0 Å². The van der Waals surface area contributed by atoms with Crippen molar-refractivity contribution in [1.29, 1.82) is 0 Å². The fourth-order valence-electron chi connectivity index (χ4n) is 2.97. The van der Waals surface area contributed by atoms with Crippen LogP contribution in [-0.2, 0) is 0 Å². The molecule has 0 aromatic heterocycles. The molecule has 0 bridgehead atoms. The van der Waals surface area contributed by atoms with Gasteiger partial charge in [-0.05, 0) is 31.2 Å². The number of likely N-dealkylation sites (tertiary alicyclic amines) is 1. The third-order valence-corrected chi connectivity index (χ3v) is 3.74. The van der Waals surface area contributed by atoms with Gasteiger partial charge in [-0.3, -0.25) is 4.90 Å². The first-order valence-corrected chi connectivity index (χ1v) is 6.63. The van der Waals surface area contributed by atoms with Gasteiger partial charge in [-0.2, -0.15) is 0 Å². The molecule has 1 heterocycles. The van der Waals surface area contributed by atoms with Gasteiger partial charge in [-0.15, -0.1) is 0 Å². The molecular weight excluding hydrogens is 184 g/mol. The molecular formula is C13H28N2. The monoisotopic (exact) mass is 212 g/mol. The number of hydrogen-bond donors (Lipinski definition) is 1. The zero-order chi connectivity index (χ0) is 11.3. The van der Waals surface area contributed by atoms with Crippen LogP contribution in [0.5, 0.6) is 0 Å². The number of nitrogens with two attached hydrogens (primary N) is 1. The van der Waals surface area contributed by atoms with E-state index in [1.807, 2.05) is 0 Å². The molecule has 0 aromatic rings. The second-order valence-corrected chi connectivity index (χ2v) is 5.32. The average Bonchev–Trinajstić information content (AvgIpc) is 2.17. The van der Waals surface area contributed by atoms with Gasteiger partial charge >= 0.3 is 0 Å². The molecule has 2 N–H and O–H groups in total. The van der Waals surface area contributed by atoms with Crippen molar-refractivity contribution in [2.45, 2.75) is 52.5 Å². The van der Waals surface area contributed by atoms with Gasteiger partial charge in [-0.25, -0.2) is 0 Å². The average molecular weight is 212 g/mol. The highest BCUT2D eigenvalue weighted by Crippen LogP contribution is 2.26. The summed E-state index contributed by atoms with van der Waals surface area (Å²) in [6, 6.07) is 0.637. The minimum absolute atomic E-state index is 0.637. The molecule has 1 saturated heterocycles. The van der Waals surface area contributed by atoms with Gasteiger partial charge in [0.05, 0.1) is 0 Å². The first-order chi connectivity index (χ1) is 7.19. The third kappa shape index (κ3) is 3.76. The lowest BCUT2D eigenvalue weighted by Gasteiger charge is -2.42. The summed E-state index contributed by atoms with van der Waals surface area (Å²) in [5.41, 5.74) is 5.89. The van der Waals surface area contributed by atoms with Crippen molar-refractivity contribution in [1.82, 2.24) is 4.90 Å². The van der Waals surface area contributed by atoms with Crippen LogP contribution in [-0.4, -0.2) is 30.6 Å². The van der Waals surface area contributed by atoms with Crippen molar-refractivity contribution in [3.63, 3.8) is 0 Å². The van der Waals surface area contributed by atoms with Crippen LogP contribution in [0.3, 0.4) is 0 Å². The Hall–Kier alpha value is -0.0800. The second kappa shape index (κ2) is 6.49. The predicted octanol–water partition coefficient (Wildman–Crippen LogP) is 2.48. The topological polar surface area (TPSA) is 29.3 Å². The van der Waals surface area contributed by atoms with Crippen LogP contribution in [0.2, 0.25) is 0 Å². The van der Waals surface area contributed by atoms with Crippen LogP contribution in [0.15, 0.2) is 0 Å². The van der Waals surface area contributed by atoms with E-state index in [9.17, 15) is 0 Å². The molecule has 15 heavy (non-hydrogen) atoms. The summed E-state index contributed by atoms with van der Waals surface area (Å²) < 4.78 is 0. The summed E-state index contributed by atoms with van der Waals surface area (Å²) in [7, 11) is 0. The maximum absolute atomic E-state index is 5.89. The normalized spacial score (nSPS) is 33.2.